The number of rotatable bonds is 2. The molecule has 0 radical (unpaired) electrons. The van der Waals surface area contributed by atoms with Crippen molar-refractivity contribution < 1.29 is 9.13 Å². The van der Waals surface area contributed by atoms with E-state index in [-0.39, 0.29) is 0 Å². The van der Waals surface area contributed by atoms with Crippen molar-refractivity contribution >= 4 is 5.69 Å². The second-order valence-electron chi connectivity index (χ2n) is 3.18. The highest BCUT2D eigenvalue weighted by Crippen LogP contribution is 2.26. The van der Waals surface area contributed by atoms with Crippen LogP contribution in [0.4, 0.5) is 10.1 Å². The van der Waals surface area contributed by atoms with E-state index in [4.69, 9.17) is 10.5 Å². The lowest BCUT2D eigenvalue weighted by molar-refractivity contribution is 0.417. The van der Waals surface area contributed by atoms with Gasteiger partial charge in [-0.2, -0.15) is 0 Å². The summed E-state index contributed by atoms with van der Waals surface area (Å²) in [5.41, 5.74) is 6.94. The topological polar surface area (TPSA) is 61.0 Å². The minimum Gasteiger partial charge on any atom is -0.495 e. The molecule has 2 aromatic rings. The number of nitrogen functional groups attached to an aromatic ring is 1. The molecule has 0 aliphatic heterocycles. The monoisotopic (exact) mass is 219 g/mol. The highest BCUT2D eigenvalue weighted by atomic mass is 19.1. The van der Waals surface area contributed by atoms with Crippen LogP contribution >= 0.6 is 0 Å². The van der Waals surface area contributed by atoms with Gasteiger partial charge in [0, 0.05) is 5.56 Å². The van der Waals surface area contributed by atoms with E-state index in [1.165, 1.54) is 7.11 Å². The van der Waals surface area contributed by atoms with Crippen molar-refractivity contribution in [1.29, 1.82) is 0 Å². The van der Waals surface area contributed by atoms with Gasteiger partial charge in [0.1, 0.15) is 5.75 Å². The van der Waals surface area contributed by atoms with Crippen LogP contribution in [0.5, 0.6) is 5.75 Å². The third-order valence-corrected chi connectivity index (χ3v) is 2.11. The molecular formula is C11H10FN3O. The van der Waals surface area contributed by atoms with Crippen molar-refractivity contribution in [2.24, 2.45) is 0 Å². The first-order chi connectivity index (χ1) is 7.70. The number of nitrogens with two attached hydrogens (primary N) is 1. The lowest BCUT2D eigenvalue weighted by Gasteiger charge is -2.06. The Morgan fingerprint density at radius 1 is 1.25 bits per heavy atom. The zero-order valence-electron chi connectivity index (χ0n) is 8.64. The number of ether oxygens (including phenoxy) is 1. The highest BCUT2D eigenvalue weighted by molar-refractivity contribution is 5.65. The van der Waals surface area contributed by atoms with E-state index in [0.717, 1.165) is 18.0 Å². The van der Waals surface area contributed by atoms with Crippen molar-refractivity contribution in [1.82, 2.24) is 9.97 Å². The molecule has 0 unspecified atom stereocenters. The fraction of sp³-hybridized carbons (Fsp3) is 0.0909. The molecule has 4 nitrogen and oxygen atoms in total. The van der Waals surface area contributed by atoms with Crippen LogP contribution in [0.2, 0.25) is 0 Å². The number of hydrogen-bond acceptors (Lipinski definition) is 4. The van der Waals surface area contributed by atoms with E-state index in [1.807, 2.05) is 0 Å². The van der Waals surface area contributed by atoms with Gasteiger partial charge in [0.2, 0.25) is 0 Å². The van der Waals surface area contributed by atoms with Crippen molar-refractivity contribution in [2.75, 3.05) is 12.8 Å². The first-order valence-electron chi connectivity index (χ1n) is 4.62. The first kappa shape index (κ1) is 10.4. The van der Waals surface area contributed by atoms with Gasteiger partial charge in [-0.25, -0.2) is 14.4 Å². The second-order valence-corrected chi connectivity index (χ2v) is 3.18. The Labute approximate surface area is 91.9 Å². The zero-order valence-corrected chi connectivity index (χ0v) is 8.64. The Kier molecular flexibility index (Phi) is 2.68. The molecule has 82 valence electrons. The summed E-state index contributed by atoms with van der Waals surface area (Å²) in [5, 5.41) is 0. The van der Waals surface area contributed by atoms with Crippen LogP contribution in [0.3, 0.4) is 0 Å². The van der Waals surface area contributed by atoms with Crippen LogP contribution in [0.25, 0.3) is 11.4 Å². The standard InChI is InChI=1S/C11H10FN3O/c1-16-10-4-7(2-3-9(10)13)11-14-5-8(12)6-15-11/h2-6H,13H2,1H3. The Morgan fingerprint density at radius 3 is 2.56 bits per heavy atom. The van der Waals surface area contributed by atoms with Gasteiger partial charge >= 0.3 is 0 Å². The van der Waals surface area contributed by atoms with Crippen LogP contribution < -0.4 is 10.5 Å². The summed E-state index contributed by atoms with van der Waals surface area (Å²) in [7, 11) is 1.53. The summed E-state index contributed by atoms with van der Waals surface area (Å²) >= 11 is 0. The lowest BCUT2D eigenvalue weighted by atomic mass is 10.2. The van der Waals surface area contributed by atoms with E-state index in [0.29, 0.717) is 17.3 Å². The Bertz CT molecular complexity index is 499. The number of halogens is 1. The Hall–Kier alpha value is -2.17. The van der Waals surface area contributed by atoms with Gasteiger partial charge < -0.3 is 10.5 Å². The minimum absolute atomic E-state index is 0.430. The highest BCUT2D eigenvalue weighted by Gasteiger charge is 2.05. The summed E-state index contributed by atoms with van der Waals surface area (Å²) in [4.78, 5) is 7.74. The van der Waals surface area contributed by atoms with Crippen molar-refractivity contribution in [3.63, 3.8) is 0 Å². The molecule has 1 aromatic carbocycles. The quantitative estimate of drug-likeness (QED) is 0.783. The van der Waals surface area contributed by atoms with Gasteiger partial charge in [0.05, 0.1) is 25.2 Å². The Morgan fingerprint density at radius 2 is 1.94 bits per heavy atom. The molecular weight excluding hydrogens is 209 g/mol. The number of benzene rings is 1. The number of nitrogens with zero attached hydrogens (tertiary/aromatic N) is 2. The van der Waals surface area contributed by atoms with Crippen molar-refractivity contribution in [3.8, 4) is 17.1 Å². The predicted molar refractivity (Wildman–Crippen MR) is 58.4 cm³/mol. The molecule has 0 saturated heterocycles. The molecule has 2 N–H and O–H groups in total. The summed E-state index contributed by atoms with van der Waals surface area (Å²) in [6.07, 6.45) is 2.23. The van der Waals surface area contributed by atoms with E-state index in [1.54, 1.807) is 18.2 Å². The summed E-state index contributed by atoms with van der Waals surface area (Å²) in [6.45, 7) is 0. The van der Waals surface area contributed by atoms with Gasteiger partial charge in [-0.15, -0.1) is 0 Å². The largest absolute Gasteiger partial charge is 0.495 e. The van der Waals surface area contributed by atoms with Gasteiger partial charge in [-0.1, -0.05) is 0 Å². The fourth-order valence-corrected chi connectivity index (χ4v) is 1.31. The van der Waals surface area contributed by atoms with Crippen LogP contribution in [0.15, 0.2) is 30.6 Å². The van der Waals surface area contributed by atoms with E-state index in [9.17, 15) is 4.39 Å². The number of hydrogen-bond donors (Lipinski definition) is 1. The second kappa shape index (κ2) is 4.14. The summed E-state index contributed by atoms with van der Waals surface area (Å²) < 4.78 is 17.7. The molecule has 0 aliphatic carbocycles. The maximum atomic E-state index is 12.6. The average Bonchev–Trinajstić information content (AvgIpc) is 2.31. The average molecular weight is 219 g/mol. The number of methoxy groups -OCH3 is 1. The molecule has 0 amide bonds. The molecule has 5 heteroatoms. The molecule has 0 spiro atoms. The van der Waals surface area contributed by atoms with Crippen LogP contribution in [0.1, 0.15) is 0 Å². The Balaban J connectivity index is 2.44. The summed E-state index contributed by atoms with van der Waals surface area (Å²) in [6, 6.07) is 5.16. The number of anilines is 1. The third kappa shape index (κ3) is 1.93. The maximum absolute atomic E-state index is 12.6. The van der Waals surface area contributed by atoms with Crippen LogP contribution in [-0.2, 0) is 0 Å². The molecule has 1 heterocycles. The van der Waals surface area contributed by atoms with Crippen molar-refractivity contribution in [3.05, 3.63) is 36.4 Å². The fourth-order valence-electron chi connectivity index (χ4n) is 1.31. The van der Waals surface area contributed by atoms with Crippen LogP contribution in [-0.4, -0.2) is 17.1 Å². The molecule has 0 fully saturated rings. The summed E-state index contributed by atoms with van der Waals surface area (Å²) in [5.74, 6) is 0.510. The van der Waals surface area contributed by atoms with Gasteiger partial charge in [-0.3, -0.25) is 0 Å². The van der Waals surface area contributed by atoms with Gasteiger partial charge in [0.15, 0.2) is 11.6 Å². The molecule has 16 heavy (non-hydrogen) atoms. The maximum Gasteiger partial charge on any atom is 0.159 e. The van der Waals surface area contributed by atoms with E-state index in [2.05, 4.69) is 9.97 Å². The van der Waals surface area contributed by atoms with Gasteiger partial charge in [-0.05, 0) is 18.2 Å². The van der Waals surface area contributed by atoms with Gasteiger partial charge in [0.25, 0.3) is 0 Å². The predicted octanol–water partition coefficient (Wildman–Crippen LogP) is 1.87. The molecule has 1 aromatic heterocycles. The molecule has 0 saturated carbocycles. The third-order valence-electron chi connectivity index (χ3n) is 2.11. The number of aromatic nitrogens is 2. The van der Waals surface area contributed by atoms with Crippen LogP contribution in [0, 0.1) is 5.82 Å². The molecule has 0 atom stereocenters. The molecule has 0 bridgehead atoms. The SMILES string of the molecule is COc1cc(-c2ncc(F)cn2)ccc1N. The normalized spacial score (nSPS) is 10.1. The first-order valence-corrected chi connectivity index (χ1v) is 4.62. The minimum atomic E-state index is -0.467. The lowest BCUT2D eigenvalue weighted by Crippen LogP contribution is -1.94. The smallest absolute Gasteiger partial charge is 0.159 e. The molecule has 2 rings (SSSR count). The molecule has 0 aliphatic rings. The van der Waals surface area contributed by atoms with Crippen molar-refractivity contribution in [2.45, 2.75) is 0 Å². The van der Waals surface area contributed by atoms with E-state index < -0.39 is 5.82 Å². The van der Waals surface area contributed by atoms with E-state index >= 15 is 0 Å². The zero-order chi connectivity index (χ0) is 11.5.